The number of carbonyl (C=O) groups excluding carboxylic acids is 1. The van der Waals surface area contributed by atoms with Gasteiger partial charge < -0.3 is 30.0 Å². The van der Waals surface area contributed by atoms with Gasteiger partial charge in [-0.1, -0.05) is 0 Å². The van der Waals surface area contributed by atoms with Crippen molar-refractivity contribution in [1.82, 2.24) is 14.8 Å². The second-order valence-electron chi connectivity index (χ2n) is 9.49. The molecule has 1 aromatic heterocycles. The van der Waals surface area contributed by atoms with Crippen LogP contribution in [0.1, 0.15) is 35.5 Å². The number of methoxy groups -OCH3 is 1. The molecule has 3 aliphatic heterocycles. The molecule has 3 atom stereocenters. The number of carbonyl (C=O) groups is 1. The summed E-state index contributed by atoms with van der Waals surface area (Å²) in [5, 5.41) is 10.7. The molecule has 196 valence electrons. The number of ether oxygens (including phenoxy) is 3. The van der Waals surface area contributed by atoms with Crippen molar-refractivity contribution in [3.63, 3.8) is 0 Å². The van der Waals surface area contributed by atoms with E-state index in [1.165, 1.54) is 0 Å². The maximum atomic E-state index is 12.1. The van der Waals surface area contributed by atoms with Gasteiger partial charge in [-0.2, -0.15) is 0 Å². The quantitative estimate of drug-likeness (QED) is 0.543. The lowest BCUT2D eigenvalue weighted by Gasteiger charge is -2.36. The molecular weight excluding hydrogens is 476 g/mol. The largest absolute Gasteiger partial charge is 0.491 e. The molecule has 0 radical (unpaired) electrons. The minimum Gasteiger partial charge on any atom is -0.491 e. The van der Waals surface area contributed by atoms with Crippen LogP contribution in [0, 0.1) is 0 Å². The normalized spacial score (nSPS) is 22.0. The smallest absolute Gasteiger partial charge is 0.251 e. The highest BCUT2D eigenvalue weighted by molar-refractivity contribution is 6.22. The Labute approximate surface area is 215 Å². The van der Waals surface area contributed by atoms with E-state index in [2.05, 4.69) is 14.9 Å². The number of primary amides is 1. The second-order valence-corrected chi connectivity index (χ2v) is 9.49. The van der Waals surface area contributed by atoms with Gasteiger partial charge >= 0.3 is 0 Å². The van der Waals surface area contributed by atoms with Crippen LogP contribution in [0.15, 0.2) is 40.4 Å². The van der Waals surface area contributed by atoms with Crippen molar-refractivity contribution in [2.24, 2.45) is 15.7 Å². The Balaban J connectivity index is 1.43. The van der Waals surface area contributed by atoms with Gasteiger partial charge in [0.15, 0.2) is 17.3 Å². The Morgan fingerprint density at radius 1 is 1.24 bits per heavy atom. The number of rotatable bonds is 8. The molecule has 1 amide bonds. The summed E-state index contributed by atoms with van der Waals surface area (Å²) in [5.41, 5.74) is 7.60. The molecule has 3 aliphatic rings. The summed E-state index contributed by atoms with van der Waals surface area (Å²) in [6.07, 6.45) is 1.15. The maximum Gasteiger partial charge on any atom is 0.251 e. The Kier molecular flexibility index (Phi) is 7.09. The van der Waals surface area contributed by atoms with Gasteiger partial charge in [0.25, 0.3) is 5.91 Å². The molecular formula is C26H32N6O5. The fraction of sp³-hybridized carbons (Fsp3) is 0.462. The standard InChI is InChI=1S/C26H32N6O5/c1-15-11-31(12-16(2)37-15)13-17(33)14-36-20-7-6-19-21(23(20)35-3)30-26(32-10-9-29-25(19)32)22-18(24(27)34)5-4-8-28-22/h4-8,15-17,33H,9-14H2,1-3H3,(H2,27,34)/t15-,16+,17-/m1/s1. The summed E-state index contributed by atoms with van der Waals surface area (Å²) in [6, 6.07) is 6.98. The molecule has 0 unspecified atom stereocenters. The Morgan fingerprint density at radius 2 is 2.03 bits per heavy atom. The minimum absolute atomic E-state index is 0.0883. The fourth-order valence-corrected chi connectivity index (χ4v) is 5.14. The number of morpholine rings is 1. The number of aliphatic hydroxyl groups excluding tert-OH is 1. The fourth-order valence-electron chi connectivity index (χ4n) is 5.14. The van der Waals surface area contributed by atoms with Gasteiger partial charge in [-0.3, -0.25) is 19.7 Å². The van der Waals surface area contributed by atoms with E-state index < -0.39 is 12.0 Å². The lowest BCUT2D eigenvalue weighted by molar-refractivity contribution is -0.0787. The van der Waals surface area contributed by atoms with Crippen LogP contribution in [0.5, 0.6) is 11.5 Å². The van der Waals surface area contributed by atoms with Gasteiger partial charge in [0.05, 0.1) is 31.4 Å². The van der Waals surface area contributed by atoms with Crippen molar-refractivity contribution in [3.8, 4) is 11.5 Å². The Bertz CT molecular complexity index is 1240. The average Bonchev–Trinajstić information content (AvgIpc) is 3.36. The van der Waals surface area contributed by atoms with Gasteiger partial charge in [0, 0.05) is 37.9 Å². The van der Waals surface area contributed by atoms with E-state index in [-0.39, 0.29) is 24.4 Å². The number of pyridine rings is 1. The number of nitrogens with two attached hydrogens (primary N) is 1. The van der Waals surface area contributed by atoms with Crippen molar-refractivity contribution < 1.29 is 24.1 Å². The molecule has 5 rings (SSSR count). The number of aliphatic hydroxyl groups is 1. The zero-order valence-corrected chi connectivity index (χ0v) is 21.3. The van der Waals surface area contributed by atoms with E-state index in [9.17, 15) is 9.90 Å². The second kappa shape index (κ2) is 10.4. The van der Waals surface area contributed by atoms with E-state index in [1.807, 2.05) is 24.8 Å². The molecule has 11 heteroatoms. The number of aliphatic imine (C=N–C) groups is 2. The van der Waals surface area contributed by atoms with Crippen LogP contribution in [0.4, 0.5) is 5.69 Å². The lowest BCUT2D eigenvalue weighted by Crippen LogP contribution is -2.48. The number of nitrogens with zero attached hydrogens (tertiary/aromatic N) is 5. The van der Waals surface area contributed by atoms with Gasteiger partial charge in [-0.05, 0) is 38.1 Å². The number of fused-ring (bicyclic) bond motifs is 3. The molecule has 0 bridgehead atoms. The number of amides is 1. The first kappa shape index (κ1) is 25.1. The number of amidine groups is 2. The third-order valence-electron chi connectivity index (χ3n) is 6.53. The first-order chi connectivity index (χ1) is 17.9. The molecule has 0 saturated carbocycles. The molecule has 11 nitrogen and oxygen atoms in total. The van der Waals surface area contributed by atoms with E-state index in [0.717, 1.165) is 24.5 Å². The van der Waals surface area contributed by atoms with Crippen LogP contribution in [-0.4, -0.2) is 102 Å². The highest BCUT2D eigenvalue weighted by Gasteiger charge is 2.35. The molecule has 1 fully saturated rings. The van der Waals surface area contributed by atoms with Crippen molar-refractivity contribution >= 4 is 23.3 Å². The summed E-state index contributed by atoms with van der Waals surface area (Å²) < 4.78 is 17.5. The summed E-state index contributed by atoms with van der Waals surface area (Å²) in [4.78, 5) is 30.2. The number of hydrogen-bond donors (Lipinski definition) is 2. The van der Waals surface area contributed by atoms with Crippen molar-refractivity contribution in [2.75, 3.05) is 46.4 Å². The monoisotopic (exact) mass is 508 g/mol. The van der Waals surface area contributed by atoms with E-state index in [1.54, 1.807) is 31.5 Å². The van der Waals surface area contributed by atoms with E-state index in [0.29, 0.717) is 48.4 Å². The first-order valence-electron chi connectivity index (χ1n) is 12.4. The van der Waals surface area contributed by atoms with Crippen LogP contribution in [0.3, 0.4) is 0 Å². The molecule has 1 aromatic carbocycles. The third kappa shape index (κ3) is 5.02. The Morgan fingerprint density at radius 3 is 2.76 bits per heavy atom. The van der Waals surface area contributed by atoms with E-state index >= 15 is 0 Å². The highest BCUT2D eigenvalue weighted by Crippen LogP contribution is 2.44. The summed E-state index contributed by atoms with van der Waals surface area (Å²) in [7, 11) is 1.54. The molecule has 4 heterocycles. The van der Waals surface area contributed by atoms with Crippen LogP contribution in [0.2, 0.25) is 0 Å². The molecule has 1 saturated heterocycles. The lowest BCUT2D eigenvalue weighted by atomic mass is 10.0. The van der Waals surface area contributed by atoms with Gasteiger partial charge in [0.2, 0.25) is 0 Å². The number of aromatic nitrogens is 1. The van der Waals surface area contributed by atoms with Crippen molar-refractivity contribution in [2.45, 2.75) is 32.2 Å². The predicted molar refractivity (Wildman–Crippen MR) is 138 cm³/mol. The number of β-amino-alcohol motifs (C(OH)–C–C–N with tert-alkyl or cyclic N) is 1. The summed E-state index contributed by atoms with van der Waals surface area (Å²) >= 11 is 0. The van der Waals surface area contributed by atoms with Crippen molar-refractivity contribution in [3.05, 3.63) is 47.3 Å². The van der Waals surface area contributed by atoms with Gasteiger partial charge in [-0.25, -0.2) is 4.99 Å². The van der Waals surface area contributed by atoms with Gasteiger partial charge in [0.1, 0.15) is 29.9 Å². The summed E-state index contributed by atoms with van der Waals surface area (Å²) in [5.74, 6) is 1.49. The SMILES string of the molecule is COc1c(OC[C@H](O)CN2C[C@@H](C)O[C@@H](C)C2)ccc2c1N=C(c1ncccc1C(N)=O)N1CCN=C21. The maximum absolute atomic E-state index is 12.1. The molecule has 3 N–H and O–H groups in total. The zero-order valence-electron chi connectivity index (χ0n) is 21.3. The zero-order chi connectivity index (χ0) is 26.1. The first-order valence-corrected chi connectivity index (χ1v) is 12.4. The molecule has 37 heavy (non-hydrogen) atoms. The van der Waals surface area contributed by atoms with Crippen LogP contribution in [0.25, 0.3) is 0 Å². The van der Waals surface area contributed by atoms with Gasteiger partial charge in [-0.15, -0.1) is 0 Å². The predicted octanol–water partition coefficient (Wildman–Crippen LogP) is 1.19. The average molecular weight is 509 g/mol. The van der Waals surface area contributed by atoms with Crippen LogP contribution >= 0.6 is 0 Å². The van der Waals surface area contributed by atoms with E-state index in [4.69, 9.17) is 24.9 Å². The minimum atomic E-state index is -0.696. The highest BCUT2D eigenvalue weighted by atomic mass is 16.5. The molecule has 0 aliphatic carbocycles. The molecule has 2 aromatic rings. The third-order valence-corrected chi connectivity index (χ3v) is 6.53. The summed E-state index contributed by atoms with van der Waals surface area (Å²) in [6.45, 7) is 7.35. The topological polar surface area (TPSA) is 135 Å². The number of hydrogen-bond acceptors (Lipinski definition) is 10. The molecule has 0 spiro atoms. The number of benzene rings is 1. The van der Waals surface area contributed by atoms with Crippen LogP contribution < -0.4 is 15.2 Å². The van der Waals surface area contributed by atoms with Crippen LogP contribution in [-0.2, 0) is 4.74 Å². The van der Waals surface area contributed by atoms with Crippen molar-refractivity contribution in [1.29, 1.82) is 0 Å². The Hall–Kier alpha value is -3.54.